The van der Waals surface area contributed by atoms with E-state index in [1.54, 1.807) is 6.07 Å². The van der Waals surface area contributed by atoms with Crippen molar-refractivity contribution in [2.24, 2.45) is 5.41 Å². The number of aromatic carboxylic acids is 1. The SMILES string of the molecule is CN(C)CC(C)(C)CNc1cc(C(=O)O)ccn1. The number of carboxylic acid groups (broad SMARTS) is 1. The summed E-state index contributed by atoms with van der Waals surface area (Å²) < 4.78 is 0. The Labute approximate surface area is 108 Å². The molecule has 0 saturated heterocycles. The van der Waals surface area contributed by atoms with Gasteiger partial charge in [0.05, 0.1) is 5.56 Å². The Kier molecular flexibility index (Phi) is 4.67. The van der Waals surface area contributed by atoms with Crippen molar-refractivity contribution in [2.75, 3.05) is 32.5 Å². The van der Waals surface area contributed by atoms with Crippen LogP contribution in [0.2, 0.25) is 0 Å². The number of hydrogen-bond acceptors (Lipinski definition) is 4. The highest BCUT2D eigenvalue weighted by Gasteiger charge is 2.18. The van der Waals surface area contributed by atoms with Gasteiger partial charge in [-0.25, -0.2) is 9.78 Å². The first-order valence-corrected chi connectivity index (χ1v) is 5.88. The van der Waals surface area contributed by atoms with E-state index in [-0.39, 0.29) is 11.0 Å². The average Bonchev–Trinajstić information content (AvgIpc) is 2.25. The van der Waals surface area contributed by atoms with E-state index in [1.165, 1.54) is 12.3 Å². The first-order chi connectivity index (χ1) is 8.30. The summed E-state index contributed by atoms with van der Waals surface area (Å²) in [5.41, 5.74) is 0.336. The molecule has 1 heterocycles. The Balaban J connectivity index is 2.63. The third-order valence-corrected chi connectivity index (χ3v) is 2.50. The lowest BCUT2D eigenvalue weighted by molar-refractivity contribution is 0.0697. The zero-order valence-corrected chi connectivity index (χ0v) is 11.4. The van der Waals surface area contributed by atoms with Gasteiger partial charge < -0.3 is 15.3 Å². The third kappa shape index (κ3) is 4.71. The summed E-state index contributed by atoms with van der Waals surface area (Å²) >= 11 is 0. The molecule has 100 valence electrons. The van der Waals surface area contributed by atoms with Gasteiger partial charge in [-0.05, 0) is 31.6 Å². The fraction of sp³-hybridized carbons (Fsp3) is 0.538. The van der Waals surface area contributed by atoms with Crippen LogP contribution in [0.25, 0.3) is 0 Å². The molecular formula is C13H21N3O2. The summed E-state index contributed by atoms with van der Waals surface area (Å²) in [5.74, 6) is -0.338. The molecule has 0 aromatic carbocycles. The standard InChI is InChI=1S/C13H21N3O2/c1-13(2,9-16(3)4)8-15-11-7-10(12(17)18)5-6-14-11/h5-7H,8-9H2,1-4H3,(H,14,15)(H,17,18). The molecule has 18 heavy (non-hydrogen) atoms. The van der Waals surface area contributed by atoms with Crippen LogP contribution in [0.15, 0.2) is 18.3 Å². The van der Waals surface area contributed by atoms with Gasteiger partial charge in [-0.1, -0.05) is 13.8 Å². The molecule has 0 radical (unpaired) electrons. The van der Waals surface area contributed by atoms with Crippen molar-refractivity contribution in [2.45, 2.75) is 13.8 Å². The largest absolute Gasteiger partial charge is 0.478 e. The van der Waals surface area contributed by atoms with E-state index in [0.717, 1.165) is 13.1 Å². The van der Waals surface area contributed by atoms with Crippen LogP contribution in [-0.2, 0) is 0 Å². The van der Waals surface area contributed by atoms with Gasteiger partial charge in [0, 0.05) is 19.3 Å². The number of rotatable bonds is 6. The predicted molar refractivity (Wildman–Crippen MR) is 72.0 cm³/mol. The first-order valence-electron chi connectivity index (χ1n) is 5.88. The summed E-state index contributed by atoms with van der Waals surface area (Å²) in [7, 11) is 4.07. The van der Waals surface area contributed by atoms with Crippen LogP contribution in [0.4, 0.5) is 5.82 Å². The molecule has 0 saturated carbocycles. The van der Waals surface area contributed by atoms with Gasteiger partial charge in [-0.3, -0.25) is 0 Å². The van der Waals surface area contributed by atoms with Gasteiger partial charge in [0.15, 0.2) is 0 Å². The summed E-state index contributed by atoms with van der Waals surface area (Å²) in [6, 6.07) is 3.03. The Morgan fingerprint density at radius 2 is 2.17 bits per heavy atom. The van der Waals surface area contributed by atoms with Crippen molar-refractivity contribution in [1.29, 1.82) is 0 Å². The molecule has 0 atom stereocenters. The maximum atomic E-state index is 10.8. The molecule has 0 fully saturated rings. The number of nitrogens with one attached hydrogen (secondary N) is 1. The maximum absolute atomic E-state index is 10.8. The van der Waals surface area contributed by atoms with E-state index < -0.39 is 5.97 Å². The summed E-state index contributed by atoms with van der Waals surface area (Å²) in [4.78, 5) is 17.1. The summed E-state index contributed by atoms with van der Waals surface area (Å²) in [6.07, 6.45) is 1.50. The Morgan fingerprint density at radius 1 is 1.50 bits per heavy atom. The number of anilines is 1. The smallest absolute Gasteiger partial charge is 0.335 e. The second-order valence-electron chi connectivity index (χ2n) is 5.49. The van der Waals surface area contributed by atoms with E-state index in [4.69, 9.17) is 5.11 Å². The van der Waals surface area contributed by atoms with Crippen LogP contribution in [0.1, 0.15) is 24.2 Å². The van der Waals surface area contributed by atoms with Crippen molar-refractivity contribution in [1.82, 2.24) is 9.88 Å². The van der Waals surface area contributed by atoms with Crippen LogP contribution in [0.3, 0.4) is 0 Å². The van der Waals surface area contributed by atoms with Gasteiger partial charge in [0.1, 0.15) is 5.82 Å². The molecule has 0 aliphatic heterocycles. The van der Waals surface area contributed by atoms with E-state index in [9.17, 15) is 4.79 Å². The summed E-state index contributed by atoms with van der Waals surface area (Å²) in [5, 5.41) is 12.1. The first kappa shape index (κ1) is 14.4. The van der Waals surface area contributed by atoms with E-state index in [2.05, 4.69) is 29.0 Å². The molecule has 0 spiro atoms. The molecule has 0 unspecified atom stereocenters. The zero-order valence-electron chi connectivity index (χ0n) is 11.4. The van der Waals surface area contributed by atoms with Crippen LogP contribution in [-0.4, -0.2) is 48.1 Å². The van der Waals surface area contributed by atoms with Gasteiger partial charge in [-0.2, -0.15) is 0 Å². The molecule has 0 aliphatic carbocycles. The molecule has 0 aliphatic rings. The Morgan fingerprint density at radius 3 is 2.72 bits per heavy atom. The number of pyridine rings is 1. The topological polar surface area (TPSA) is 65.5 Å². The second kappa shape index (κ2) is 5.82. The lowest BCUT2D eigenvalue weighted by atomic mass is 9.93. The molecule has 0 amide bonds. The van der Waals surface area contributed by atoms with Crippen molar-refractivity contribution >= 4 is 11.8 Å². The fourth-order valence-corrected chi connectivity index (χ4v) is 1.90. The van der Waals surface area contributed by atoms with Gasteiger partial charge >= 0.3 is 5.97 Å². The highest BCUT2D eigenvalue weighted by molar-refractivity contribution is 5.88. The lowest BCUT2D eigenvalue weighted by Gasteiger charge is -2.28. The third-order valence-electron chi connectivity index (χ3n) is 2.50. The number of aromatic nitrogens is 1. The normalized spacial score (nSPS) is 11.6. The highest BCUT2D eigenvalue weighted by atomic mass is 16.4. The van der Waals surface area contributed by atoms with Crippen LogP contribution >= 0.6 is 0 Å². The lowest BCUT2D eigenvalue weighted by Crippen LogP contribution is -2.34. The van der Waals surface area contributed by atoms with Gasteiger partial charge in [0.2, 0.25) is 0 Å². The number of nitrogens with zero attached hydrogens (tertiary/aromatic N) is 2. The van der Waals surface area contributed by atoms with Crippen LogP contribution < -0.4 is 5.32 Å². The molecule has 2 N–H and O–H groups in total. The average molecular weight is 251 g/mol. The number of carbonyl (C=O) groups is 1. The molecular weight excluding hydrogens is 230 g/mol. The summed E-state index contributed by atoms with van der Waals surface area (Å²) in [6.45, 7) is 5.99. The minimum Gasteiger partial charge on any atom is -0.478 e. The van der Waals surface area contributed by atoms with Gasteiger partial charge in [0.25, 0.3) is 0 Å². The Hall–Kier alpha value is -1.62. The van der Waals surface area contributed by atoms with E-state index >= 15 is 0 Å². The van der Waals surface area contributed by atoms with Crippen LogP contribution in [0.5, 0.6) is 0 Å². The number of carboxylic acids is 1. The molecule has 5 heteroatoms. The predicted octanol–water partition coefficient (Wildman–Crippen LogP) is 1.78. The van der Waals surface area contributed by atoms with Crippen molar-refractivity contribution < 1.29 is 9.90 Å². The zero-order chi connectivity index (χ0) is 13.8. The molecule has 1 rings (SSSR count). The van der Waals surface area contributed by atoms with Crippen molar-refractivity contribution in [3.8, 4) is 0 Å². The quantitative estimate of drug-likeness (QED) is 0.806. The maximum Gasteiger partial charge on any atom is 0.335 e. The minimum atomic E-state index is -0.937. The monoisotopic (exact) mass is 251 g/mol. The van der Waals surface area contributed by atoms with Crippen LogP contribution in [0, 0.1) is 5.41 Å². The molecule has 0 bridgehead atoms. The van der Waals surface area contributed by atoms with Crippen molar-refractivity contribution in [3.63, 3.8) is 0 Å². The van der Waals surface area contributed by atoms with Crippen molar-refractivity contribution in [3.05, 3.63) is 23.9 Å². The van der Waals surface area contributed by atoms with E-state index in [1.807, 2.05) is 14.1 Å². The second-order valence-corrected chi connectivity index (χ2v) is 5.49. The van der Waals surface area contributed by atoms with E-state index in [0.29, 0.717) is 5.82 Å². The number of hydrogen-bond donors (Lipinski definition) is 2. The molecule has 1 aromatic heterocycles. The molecule has 1 aromatic rings. The fourth-order valence-electron chi connectivity index (χ4n) is 1.90. The molecule has 5 nitrogen and oxygen atoms in total. The minimum absolute atomic E-state index is 0.0877. The van der Waals surface area contributed by atoms with Gasteiger partial charge in [-0.15, -0.1) is 0 Å². The Bertz CT molecular complexity index is 416. The highest BCUT2D eigenvalue weighted by Crippen LogP contribution is 2.17.